The topological polar surface area (TPSA) is 70.1 Å². The van der Waals surface area contributed by atoms with E-state index >= 15 is 0 Å². The van der Waals surface area contributed by atoms with Crippen molar-refractivity contribution in [2.45, 2.75) is 25.3 Å². The Morgan fingerprint density at radius 2 is 1.75 bits per heavy atom. The summed E-state index contributed by atoms with van der Waals surface area (Å²) in [6.45, 7) is 2.72. The second-order valence-electron chi connectivity index (χ2n) is 7.41. The summed E-state index contributed by atoms with van der Waals surface area (Å²) in [6, 6.07) is 18.2. The van der Waals surface area contributed by atoms with E-state index in [0.717, 1.165) is 43.4 Å². The first-order chi connectivity index (χ1) is 13.7. The smallest absolute Gasteiger partial charge is 0.326 e. The average Bonchev–Trinajstić information content (AvgIpc) is 3.05. The maximum atomic E-state index is 12.4. The highest BCUT2D eigenvalue weighted by molar-refractivity contribution is 5.78. The number of amides is 1. The van der Waals surface area contributed by atoms with E-state index in [0.29, 0.717) is 13.1 Å². The van der Waals surface area contributed by atoms with E-state index in [2.05, 4.69) is 27.3 Å². The van der Waals surface area contributed by atoms with Crippen molar-refractivity contribution in [3.8, 4) is 0 Å². The summed E-state index contributed by atoms with van der Waals surface area (Å²) in [5, 5.41) is 3.01. The molecule has 6 heteroatoms. The van der Waals surface area contributed by atoms with Gasteiger partial charge < -0.3 is 10.3 Å². The number of aromatic amines is 1. The fourth-order valence-corrected chi connectivity index (χ4v) is 4.02. The molecule has 0 unspecified atom stereocenters. The fourth-order valence-electron chi connectivity index (χ4n) is 4.02. The molecule has 0 aliphatic carbocycles. The van der Waals surface area contributed by atoms with Crippen LogP contribution >= 0.6 is 0 Å². The van der Waals surface area contributed by atoms with E-state index in [4.69, 9.17) is 0 Å². The molecule has 0 saturated carbocycles. The number of likely N-dealkylation sites (tertiary alicyclic amines) is 1. The van der Waals surface area contributed by atoms with E-state index in [1.807, 2.05) is 47.0 Å². The Hall–Kier alpha value is -2.86. The molecule has 1 aromatic heterocycles. The minimum atomic E-state index is -0.0432. The molecule has 0 bridgehead atoms. The zero-order valence-corrected chi connectivity index (χ0v) is 15.9. The van der Waals surface area contributed by atoms with E-state index in [1.165, 1.54) is 5.56 Å². The molecular weight excluding hydrogens is 352 g/mol. The monoisotopic (exact) mass is 378 g/mol. The molecule has 2 heterocycles. The molecule has 1 aliphatic heterocycles. The van der Waals surface area contributed by atoms with Gasteiger partial charge in [0.1, 0.15) is 0 Å². The van der Waals surface area contributed by atoms with Gasteiger partial charge in [-0.15, -0.1) is 0 Å². The SMILES string of the molecule is O=C(CN1CCC(n2c(=O)[nH]c3ccccc32)CC1)NCCc1ccccc1. The van der Waals surface area contributed by atoms with Crippen LogP contribution in [-0.4, -0.2) is 46.5 Å². The van der Waals surface area contributed by atoms with Gasteiger partial charge in [0.2, 0.25) is 5.91 Å². The summed E-state index contributed by atoms with van der Waals surface area (Å²) >= 11 is 0. The van der Waals surface area contributed by atoms with Gasteiger partial charge in [-0.05, 0) is 37.0 Å². The number of nitrogens with zero attached hydrogens (tertiary/aromatic N) is 2. The van der Waals surface area contributed by atoms with Crippen LogP contribution in [-0.2, 0) is 11.2 Å². The molecule has 0 atom stereocenters. The number of nitrogens with one attached hydrogen (secondary N) is 2. The molecule has 1 amide bonds. The third kappa shape index (κ3) is 4.17. The number of imidazole rings is 1. The maximum Gasteiger partial charge on any atom is 0.326 e. The van der Waals surface area contributed by atoms with Crippen molar-refractivity contribution in [3.05, 3.63) is 70.6 Å². The fraction of sp³-hybridized carbons (Fsp3) is 0.364. The van der Waals surface area contributed by atoms with Crippen LogP contribution in [0.2, 0.25) is 0 Å². The Morgan fingerprint density at radius 1 is 1.04 bits per heavy atom. The molecule has 6 nitrogen and oxygen atoms in total. The number of aromatic nitrogens is 2. The molecule has 0 spiro atoms. The van der Waals surface area contributed by atoms with E-state index in [1.54, 1.807) is 0 Å². The standard InChI is InChI=1S/C22H26N4O2/c27-21(23-13-10-17-6-2-1-3-7-17)16-25-14-11-18(12-15-25)26-20-9-5-4-8-19(20)24-22(26)28/h1-9,18H,10-16H2,(H,23,27)(H,24,28). The number of carbonyl (C=O) groups excluding carboxylic acids is 1. The first-order valence-electron chi connectivity index (χ1n) is 9.93. The number of H-pyrrole nitrogens is 1. The lowest BCUT2D eigenvalue weighted by molar-refractivity contribution is -0.122. The van der Waals surface area contributed by atoms with Crippen molar-refractivity contribution >= 4 is 16.9 Å². The van der Waals surface area contributed by atoms with Crippen molar-refractivity contribution in [2.75, 3.05) is 26.2 Å². The highest BCUT2D eigenvalue weighted by atomic mass is 16.2. The highest BCUT2D eigenvalue weighted by Crippen LogP contribution is 2.24. The first-order valence-corrected chi connectivity index (χ1v) is 9.93. The zero-order chi connectivity index (χ0) is 19.3. The number of rotatable bonds is 6. The summed E-state index contributed by atoms with van der Waals surface area (Å²) in [5.41, 5.74) is 3.03. The van der Waals surface area contributed by atoms with Crippen LogP contribution in [0.1, 0.15) is 24.4 Å². The minimum absolute atomic E-state index is 0.0432. The summed E-state index contributed by atoms with van der Waals surface area (Å²) in [5.74, 6) is 0.0682. The normalized spacial score (nSPS) is 15.7. The lowest BCUT2D eigenvalue weighted by Gasteiger charge is -2.32. The summed E-state index contributed by atoms with van der Waals surface area (Å²) in [4.78, 5) is 29.7. The van der Waals surface area contributed by atoms with Gasteiger partial charge in [-0.2, -0.15) is 0 Å². The van der Waals surface area contributed by atoms with Crippen molar-refractivity contribution in [3.63, 3.8) is 0 Å². The van der Waals surface area contributed by atoms with E-state index in [-0.39, 0.29) is 17.6 Å². The molecule has 28 heavy (non-hydrogen) atoms. The largest absolute Gasteiger partial charge is 0.355 e. The van der Waals surface area contributed by atoms with Crippen LogP contribution in [0.15, 0.2) is 59.4 Å². The molecule has 3 aromatic rings. The second-order valence-corrected chi connectivity index (χ2v) is 7.41. The molecule has 1 aliphatic rings. The zero-order valence-electron chi connectivity index (χ0n) is 15.9. The van der Waals surface area contributed by atoms with Crippen LogP contribution < -0.4 is 11.0 Å². The number of hydrogen-bond acceptors (Lipinski definition) is 3. The van der Waals surface area contributed by atoms with Gasteiger partial charge in [-0.1, -0.05) is 42.5 Å². The third-order valence-electron chi connectivity index (χ3n) is 5.49. The summed E-state index contributed by atoms with van der Waals surface area (Å²) in [6.07, 6.45) is 2.59. The molecule has 1 saturated heterocycles. The Balaban J connectivity index is 1.26. The predicted octanol–water partition coefficient (Wildman–Crippen LogP) is 2.33. The molecule has 146 valence electrons. The molecule has 4 rings (SSSR count). The van der Waals surface area contributed by atoms with E-state index in [9.17, 15) is 9.59 Å². The Kier molecular flexibility index (Phi) is 5.58. The summed E-state index contributed by atoms with van der Waals surface area (Å²) < 4.78 is 1.88. The Labute approximate surface area is 164 Å². The van der Waals surface area contributed by atoms with Gasteiger partial charge in [0, 0.05) is 25.7 Å². The maximum absolute atomic E-state index is 12.4. The molecular formula is C22H26N4O2. The van der Waals surface area contributed by atoms with Crippen LogP contribution in [0.25, 0.3) is 11.0 Å². The third-order valence-corrected chi connectivity index (χ3v) is 5.49. The first kappa shape index (κ1) is 18.5. The number of carbonyl (C=O) groups is 1. The van der Waals surface area contributed by atoms with Crippen molar-refractivity contribution in [1.82, 2.24) is 19.8 Å². The minimum Gasteiger partial charge on any atom is -0.355 e. The van der Waals surface area contributed by atoms with E-state index < -0.39 is 0 Å². The van der Waals surface area contributed by atoms with Crippen molar-refractivity contribution in [2.24, 2.45) is 0 Å². The lowest BCUT2D eigenvalue weighted by Crippen LogP contribution is -2.43. The molecule has 1 fully saturated rings. The number of fused-ring (bicyclic) bond motifs is 1. The van der Waals surface area contributed by atoms with Crippen LogP contribution in [0.4, 0.5) is 0 Å². The average molecular weight is 378 g/mol. The molecule has 0 radical (unpaired) electrons. The number of hydrogen-bond donors (Lipinski definition) is 2. The quantitative estimate of drug-likeness (QED) is 0.692. The van der Waals surface area contributed by atoms with Crippen molar-refractivity contribution < 1.29 is 4.79 Å². The molecule has 2 aromatic carbocycles. The Bertz CT molecular complexity index is 984. The van der Waals surface area contributed by atoms with Gasteiger partial charge in [-0.25, -0.2) is 4.79 Å². The van der Waals surface area contributed by atoms with Crippen molar-refractivity contribution in [1.29, 1.82) is 0 Å². The second kappa shape index (κ2) is 8.44. The van der Waals surface area contributed by atoms with Crippen LogP contribution in [0.3, 0.4) is 0 Å². The Morgan fingerprint density at radius 3 is 2.54 bits per heavy atom. The lowest BCUT2D eigenvalue weighted by atomic mass is 10.0. The highest BCUT2D eigenvalue weighted by Gasteiger charge is 2.24. The van der Waals surface area contributed by atoms with Crippen LogP contribution in [0.5, 0.6) is 0 Å². The van der Waals surface area contributed by atoms with Gasteiger partial charge in [-0.3, -0.25) is 14.3 Å². The van der Waals surface area contributed by atoms with Gasteiger partial charge in [0.15, 0.2) is 0 Å². The van der Waals surface area contributed by atoms with Crippen LogP contribution in [0, 0.1) is 0 Å². The summed E-state index contributed by atoms with van der Waals surface area (Å²) in [7, 11) is 0. The van der Waals surface area contributed by atoms with Gasteiger partial charge in [0.05, 0.1) is 17.6 Å². The number of benzene rings is 2. The number of piperidine rings is 1. The molecule has 2 N–H and O–H groups in total. The van der Waals surface area contributed by atoms with Gasteiger partial charge >= 0.3 is 5.69 Å². The number of para-hydroxylation sites is 2. The predicted molar refractivity (Wildman–Crippen MR) is 110 cm³/mol. The van der Waals surface area contributed by atoms with Gasteiger partial charge in [0.25, 0.3) is 0 Å².